The highest BCUT2D eigenvalue weighted by Crippen LogP contribution is 2.14. The van der Waals surface area contributed by atoms with Gasteiger partial charge in [0.05, 0.1) is 6.61 Å². The smallest absolute Gasteiger partial charge is 0.321 e. The first-order valence-electron chi connectivity index (χ1n) is 5.57. The first-order valence-corrected chi connectivity index (χ1v) is 5.57. The fourth-order valence-corrected chi connectivity index (χ4v) is 1.18. The number of hydrogen-bond donors (Lipinski definition) is 2. The zero-order chi connectivity index (χ0) is 14.1. The number of imide groups is 1. The van der Waals surface area contributed by atoms with Crippen LogP contribution < -0.4 is 15.4 Å². The van der Waals surface area contributed by atoms with Crippen LogP contribution >= 0.6 is 0 Å². The van der Waals surface area contributed by atoms with Crippen molar-refractivity contribution in [2.45, 2.75) is 0 Å². The molecule has 0 bridgehead atoms. The third-order valence-corrected chi connectivity index (χ3v) is 2.04. The highest BCUT2D eigenvalue weighted by molar-refractivity contribution is 5.94. The van der Waals surface area contributed by atoms with Crippen molar-refractivity contribution >= 4 is 11.9 Å². The third kappa shape index (κ3) is 5.82. The fourth-order valence-electron chi connectivity index (χ4n) is 1.18. The van der Waals surface area contributed by atoms with E-state index in [2.05, 4.69) is 5.32 Å². The summed E-state index contributed by atoms with van der Waals surface area (Å²) in [5.74, 6) is -1.28. The van der Waals surface area contributed by atoms with Crippen LogP contribution in [0.3, 0.4) is 0 Å². The van der Waals surface area contributed by atoms with Crippen LogP contribution in [0.4, 0.5) is 9.18 Å². The van der Waals surface area contributed by atoms with Gasteiger partial charge < -0.3 is 14.8 Å². The van der Waals surface area contributed by atoms with Crippen LogP contribution in [0.5, 0.6) is 5.75 Å². The van der Waals surface area contributed by atoms with E-state index in [9.17, 15) is 14.0 Å². The Bertz CT molecular complexity index is 439. The standard InChI is InChI=1S/C12H15FN2O4/c1-18-7-6-14-12(17)15-11(16)8-19-10-5-3-2-4-9(10)13/h2-5H,6-8H2,1H3,(H2,14,15,16,17). The molecule has 0 radical (unpaired) electrons. The number of benzene rings is 1. The molecular weight excluding hydrogens is 255 g/mol. The van der Waals surface area contributed by atoms with E-state index in [4.69, 9.17) is 9.47 Å². The molecule has 0 fully saturated rings. The zero-order valence-electron chi connectivity index (χ0n) is 10.4. The van der Waals surface area contributed by atoms with Gasteiger partial charge in [-0.05, 0) is 12.1 Å². The van der Waals surface area contributed by atoms with Crippen molar-refractivity contribution in [1.82, 2.24) is 10.6 Å². The SMILES string of the molecule is COCCNC(=O)NC(=O)COc1ccccc1F. The molecule has 0 heterocycles. The van der Waals surface area contributed by atoms with Gasteiger partial charge in [0.1, 0.15) is 0 Å². The summed E-state index contributed by atoms with van der Waals surface area (Å²) in [4.78, 5) is 22.5. The molecule has 7 heteroatoms. The maximum atomic E-state index is 13.2. The van der Waals surface area contributed by atoms with Crippen LogP contribution in [0.25, 0.3) is 0 Å². The number of urea groups is 1. The Labute approximate surface area is 109 Å². The average molecular weight is 270 g/mol. The summed E-state index contributed by atoms with van der Waals surface area (Å²) in [6, 6.07) is 5.03. The van der Waals surface area contributed by atoms with Gasteiger partial charge >= 0.3 is 6.03 Å². The minimum atomic E-state index is -0.668. The van der Waals surface area contributed by atoms with E-state index in [0.717, 1.165) is 0 Å². The predicted octanol–water partition coefficient (Wildman–Crippen LogP) is 0.677. The van der Waals surface area contributed by atoms with Gasteiger partial charge in [-0.3, -0.25) is 10.1 Å². The number of halogens is 1. The molecule has 19 heavy (non-hydrogen) atoms. The Morgan fingerprint density at radius 2 is 2.05 bits per heavy atom. The Morgan fingerprint density at radius 3 is 2.74 bits per heavy atom. The number of ether oxygens (including phenoxy) is 2. The molecule has 0 spiro atoms. The number of amides is 3. The van der Waals surface area contributed by atoms with E-state index >= 15 is 0 Å². The molecular formula is C12H15FN2O4. The number of carbonyl (C=O) groups is 2. The first kappa shape index (κ1) is 14.9. The van der Waals surface area contributed by atoms with E-state index in [-0.39, 0.29) is 12.3 Å². The highest BCUT2D eigenvalue weighted by Gasteiger charge is 2.09. The van der Waals surface area contributed by atoms with Crippen molar-refractivity contribution in [1.29, 1.82) is 0 Å². The first-order chi connectivity index (χ1) is 9.13. The summed E-state index contributed by atoms with van der Waals surface area (Å²) in [5, 5.41) is 4.44. The summed E-state index contributed by atoms with van der Waals surface area (Å²) < 4.78 is 22.8. The van der Waals surface area contributed by atoms with Crippen molar-refractivity contribution in [2.75, 3.05) is 26.9 Å². The van der Waals surface area contributed by atoms with Crippen molar-refractivity contribution in [3.63, 3.8) is 0 Å². The molecule has 0 saturated carbocycles. The number of hydrogen-bond acceptors (Lipinski definition) is 4. The monoisotopic (exact) mass is 270 g/mol. The van der Waals surface area contributed by atoms with Gasteiger partial charge in [0.25, 0.3) is 5.91 Å². The molecule has 1 aromatic rings. The number of nitrogens with one attached hydrogen (secondary N) is 2. The fraction of sp³-hybridized carbons (Fsp3) is 0.333. The summed E-state index contributed by atoms with van der Waals surface area (Å²) >= 11 is 0. The number of methoxy groups -OCH3 is 1. The van der Waals surface area contributed by atoms with Crippen LogP contribution in [0, 0.1) is 5.82 Å². The van der Waals surface area contributed by atoms with Gasteiger partial charge in [0.2, 0.25) is 0 Å². The highest BCUT2D eigenvalue weighted by atomic mass is 19.1. The molecule has 1 aromatic carbocycles. The van der Waals surface area contributed by atoms with Gasteiger partial charge in [0.15, 0.2) is 18.2 Å². The van der Waals surface area contributed by atoms with Gasteiger partial charge in [0, 0.05) is 13.7 Å². The number of rotatable bonds is 6. The Hall–Kier alpha value is -2.15. The van der Waals surface area contributed by atoms with Crippen molar-refractivity contribution < 1.29 is 23.5 Å². The second-order valence-electron chi connectivity index (χ2n) is 3.52. The molecule has 0 aliphatic rings. The summed E-state index contributed by atoms with van der Waals surface area (Å²) in [7, 11) is 1.49. The molecule has 1 rings (SSSR count). The molecule has 0 saturated heterocycles. The summed E-state index contributed by atoms with van der Waals surface area (Å²) in [5.41, 5.74) is 0. The maximum Gasteiger partial charge on any atom is 0.321 e. The number of para-hydroxylation sites is 1. The lowest BCUT2D eigenvalue weighted by molar-refractivity contribution is -0.122. The van der Waals surface area contributed by atoms with Crippen LogP contribution in [-0.4, -0.2) is 38.8 Å². The molecule has 6 nitrogen and oxygen atoms in total. The van der Waals surface area contributed by atoms with E-state index in [1.807, 2.05) is 5.32 Å². The quantitative estimate of drug-likeness (QED) is 0.745. The maximum absolute atomic E-state index is 13.2. The van der Waals surface area contributed by atoms with Gasteiger partial charge in [-0.1, -0.05) is 12.1 Å². The van der Waals surface area contributed by atoms with E-state index in [0.29, 0.717) is 6.61 Å². The predicted molar refractivity (Wildman–Crippen MR) is 65.3 cm³/mol. The van der Waals surface area contributed by atoms with Crippen LogP contribution in [-0.2, 0) is 9.53 Å². The molecule has 0 aliphatic heterocycles. The number of carbonyl (C=O) groups excluding carboxylic acids is 2. The van der Waals surface area contributed by atoms with Crippen molar-refractivity contribution in [3.05, 3.63) is 30.1 Å². The lowest BCUT2D eigenvalue weighted by Crippen LogP contribution is -2.42. The third-order valence-electron chi connectivity index (χ3n) is 2.04. The molecule has 0 unspecified atom stereocenters. The molecule has 3 amide bonds. The zero-order valence-corrected chi connectivity index (χ0v) is 10.4. The van der Waals surface area contributed by atoms with E-state index in [1.165, 1.54) is 25.3 Å². The Morgan fingerprint density at radius 1 is 1.32 bits per heavy atom. The minimum absolute atomic E-state index is 0.0440. The Balaban J connectivity index is 2.28. The van der Waals surface area contributed by atoms with Crippen LogP contribution in [0.2, 0.25) is 0 Å². The van der Waals surface area contributed by atoms with E-state index < -0.39 is 24.4 Å². The average Bonchev–Trinajstić information content (AvgIpc) is 2.38. The van der Waals surface area contributed by atoms with Crippen molar-refractivity contribution in [2.24, 2.45) is 0 Å². The van der Waals surface area contributed by atoms with Crippen LogP contribution in [0.15, 0.2) is 24.3 Å². The minimum Gasteiger partial charge on any atom is -0.481 e. The van der Waals surface area contributed by atoms with Crippen molar-refractivity contribution in [3.8, 4) is 5.75 Å². The van der Waals surface area contributed by atoms with Crippen LogP contribution in [0.1, 0.15) is 0 Å². The van der Waals surface area contributed by atoms with Gasteiger partial charge in [-0.2, -0.15) is 0 Å². The van der Waals surface area contributed by atoms with Gasteiger partial charge in [-0.25, -0.2) is 9.18 Å². The normalized spacial score (nSPS) is 9.79. The molecule has 104 valence electrons. The summed E-state index contributed by atoms with van der Waals surface area (Å²) in [6.45, 7) is 0.176. The lowest BCUT2D eigenvalue weighted by atomic mass is 10.3. The molecule has 0 atom stereocenters. The largest absolute Gasteiger partial charge is 0.481 e. The molecule has 0 aromatic heterocycles. The lowest BCUT2D eigenvalue weighted by Gasteiger charge is -2.08. The topological polar surface area (TPSA) is 76.7 Å². The molecule has 0 aliphatic carbocycles. The Kier molecular flexibility index (Phi) is 6.31. The summed E-state index contributed by atoms with van der Waals surface area (Å²) in [6.07, 6.45) is 0. The molecule has 2 N–H and O–H groups in total. The van der Waals surface area contributed by atoms with E-state index in [1.54, 1.807) is 6.07 Å². The van der Waals surface area contributed by atoms with Gasteiger partial charge in [-0.15, -0.1) is 0 Å². The second kappa shape index (κ2) is 8.04. The second-order valence-corrected chi connectivity index (χ2v) is 3.52.